The molecule has 0 unspecified atom stereocenters. The zero-order valence-electron chi connectivity index (χ0n) is 8.47. The molecule has 0 aliphatic heterocycles. The number of halogens is 3. The van der Waals surface area contributed by atoms with E-state index in [1.165, 1.54) is 6.07 Å². The summed E-state index contributed by atoms with van der Waals surface area (Å²) in [5.41, 5.74) is 3.93. The molecular formula is C10H10F3NO2. The number of methoxy groups -OCH3 is 1. The number of nitrogens with two attached hydrogens (primary N) is 1. The minimum Gasteiger partial charge on any atom is -0.465 e. The second-order valence-electron chi connectivity index (χ2n) is 3.03. The van der Waals surface area contributed by atoms with E-state index in [1.54, 1.807) is 0 Å². The van der Waals surface area contributed by atoms with Gasteiger partial charge in [0, 0.05) is 6.54 Å². The lowest BCUT2D eigenvalue weighted by molar-refractivity contribution is -0.138. The normalized spacial score (nSPS) is 11.3. The van der Waals surface area contributed by atoms with Gasteiger partial charge in [0.05, 0.1) is 18.2 Å². The molecule has 6 heteroatoms. The van der Waals surface area contributed by atoms with Crippen molar-refractivity contribution in [1.29, 1.82) is 0 Å². The third-order valence-corrected chi connectivity index (χ3v) is 2.09. The van der Waals surface area contributed by atoms with Crippen LogP contribution in [0.15, 0.2) is 18.2 Å². The number of alkyl halides is 3. The smallest absolute Gasteiger partial charge is 0.416 e. The number of carbonyl (C=O) groups is 1. The molecule has 0 aromatic heterocycles. The predicted molar refractivity (Wildman–Crippen MR) is 50.7 cm³/mol. The van der Waals surface area contributed by atoms with Crippen LogP contribution in [0.3, 0.4) is 0 Å². The zero-order chi connectivity index (χ0) is 12.3. The molecule has 1 aromatic carbocycles. The van der Waals surface area contributed by atoms with Crippen LogP contribution in [0.5, 0.6) is 0 Å². The number of hydrogen-bond donors (Lipinski definition) is 1. The number of carbonyl (C=O) groups excluding carboxylic acids is 1. The van der Waals surface area contributed by atoms with Crippen molar-refractivity contribution in [2.24, 2.45) is 5.73 Å². The molecule has 0 saturated heterocycles. The molecule has 0 radical (unpaired) electrons. The van der Waals surface area contributed by atoms with Crippen LogP contribution in [0.4, 0.5) is 13.2 Å². The van der Waals surface area contributed by atoms with E-state index in [2.05, 4.69) is 4.74 Å². The molecule has 0 saturated carbocycles. The summed E-state index contributed by atoms with van der Waals surface area (Å²) in [5, 5.41) is 0. The van der Waals surface area contributed by atoms with Crippen molar-refractivity contribution in [3.8, 4) is 0 Å². The Hall–Kier alpha value is -1.56. The first-order chi connectivity index (χ1) is 7.41. The lowest BCUT2D eigenvalue weighted by atomic mass is 10.0. The molecule has 0 aliphatic carbocycles. The highest BCUT2D eigenvalue weighted by atomic mass is 19.4. The minimum absolute atomic E-state index is 0.153. The van der Waals surface area contributed by atoms with Crippen LogP contribution in [0.25, 0.3) is 0 Å². The Morgan fingerprint density at radius 1 is 1.44 bits per heavy atom. The Balaban J connectivity index is 3.38. The van der Waals surface area contributed by atoms with E-state index in [-0.39, 0.29) is 17.7 Å². The zero-order valence-corrected chi connectivity index (χ0v) is 8.47. The summed E-state index contributed by atoms with van der Waals surface area (Å²) < 4.78 is 42.1. The van der Waals surface area contributed by atoms with Gasteiger partial charge in [0.1, 0.15) is 0 Å². The Kier molecular flexibility index (Phi) is 3.54. The lowest BCUT2D eigenvalue weighted by Crippen LogP contribution is -2.17. The SMILES string of the molecule is COC(=O)c1cccc(C(F)(F)F)c1CN. The highest BCUT2D eigenvalue weighted by Crippen LogP contribution is 2.33. The summed E-state index contributed by atoms with van der Waals surface area (Å²) in [5.74, 6) is -0.827. The van der Waals surface area contributed by atoms with Gasteiger partial charge in [0.2, 0.25) is 0 Å². The summed E-state index contributed by atoms with van der Waals surface area (Å²) in [6, 6.07) is 3.28. The molecule has 1 aromatic rings. The first kappa shape index (κ1) is 12.5. The maximum atomic E-state index is 12.6. The Morgan fingerprint density at radius 2 is 2.06 bits per heavy atom. The second kappa shape index (κ2) is 4.52. The number of esters is 1. The summed E-state index contributed by atoms with van der Waals surface area (Å²) in [6.45, 7) is -0.375. The van der Waals surface area contributed by atoms with Crippen molar-refractivity contribution in [3.63, 3.8) is 0 Å². The van der Waals surface area contributed by atoms with Gasteiger partial charge in [-0.1, -0.05) is 6.07 Å². The molecule has 0 spiro atoms. The first-order valence-electron chi connectivity index (χ1n) is 4.39. The summed E-state index contributed by atoms with van der Waals surface area (Å²) in [6.07, 6.45) is -4.53. The molecule has 0 aliphatic rings. The fourth-order valence-electron chi connectivity index (χ4n) is 1.37. The van der Waals surface area contributed by atoms with Crippen molar-refractivity contribution in [3.05, 3.63) is 34.9 Å². The van der Waals surface area contributed by atoms with Gasteiger partial charge in [-0.05, 0) is 17.7 Å². The maximum absolute atomic E-state index is 12.6. The van der Waals surface area contributed by atoms with E-state index in [9.17, 15) is 18.0 Å². The monoisotopic (exact) mass is 233 g/mol. The molecule has 3 nitrogen and oxygen atoms in total. The Morgan fingerprint density at radius 3 is 2.50 bits per heavy atom. The van der Waals surface area contributed by atoms with E-state index in [1.807, 2.05) is 0 Å². The van der Waals surface area contributed by atoms with Crippen molar-refractivity contribution < 1.29 is 22.7 Å². The quantitative estimate of drug-likeness (QED) is 0.794. The van der Waals surface area contributed by atoms with Gasteiger partial charge >= 0.3 is 12.1 Å². The summed E-state index contributed by atoms with van der Waals surface area (Å²) in [4.78, 5) is 11.2. The van der Waals surface area contributed by atoms with E-state index >= 15 is 0 Å². The van der Waals surface area contributed by atoms with Gasteiger partial charge in [0.25, 0.3) is 0 Å². The average Bonchev–Trinajstić information content (AvgIpc) is 2.25. The highest BCUT2D eigenvalue weighted by Gasteiger charge is 2.34. The van der Waals surface area contributed by atoms with Crippen molar-refractivity contribution in [2.75, 3.05) is 7.11 Å². The summed E-state index contributed by atoms with van der Waals surface area (Å²) in [7, 11) is 1.10. The summed E-state index contributed by atoms with van der Waals surface area (Å²) >= 11 is 0. The van der Waals surface area contributed by atoms with Crippen LogP contribution < -0.4 is 5.73 Å². The van der Waals surface area contributed by atoms with Crippen LogP contribution in [0, 0.1) is 0 Å². The predicted octanol–water partition coefficient (Wildman–Crippen LogP) is 1.95. The van der Waals surface area contributed by atoms with Crippen LogP contribution in [0.2, 0.25) is 0 Å². The van der Waals surface area contributed by atoms with Crippen molar-refractivity contribution in [2.45, 2.75) is 12.7 Å². The Labute approximate surface area is 90.0 Å². The topological polar surface area (TPSA) is 52.3 Å². The number of benzene rings is 1. The standard InChI is InChI=1S/C10H10F3NO2/c1-16-9(15)6-3-2-4-8(7(6)5-14)10(11,12)13/h2-4H,5,14H2,1H3. The third kappa shape index (κ3) is 2.33. The largest absolute Gasteiger partial charge is 0.465 e. The van der Waals surface area contributed by atoms with Gasteiger partial charge in [-0.3, -0.25) is 0 Å². The van der Waals surface area contributed by atoms with E-state index in [4.69, 9.17) is 5.73 Å². The van der Waals surface area contributed by atoms with Crippen molar-refractivity contribution in [1.82, 2.24) is 0 Å². The average molecular weight is 233 g/mol. The molecule has 0 bridgehead atoms. The van der Waals surface area contributed by atoms with Gasteiger partial charge in [-0.15, -0.1) is 0 Å². The third-order valence-electron chi connectivity index (χ3n) is 2.09. The second-order valence-corrected chi connectivity index (χ2v) is 3.03. The van der Waals surface area contributed by atoms with E-state index in [0.717, 1.165) is 19.2 Å². The lowest BCUT2D eigenvalue weighted by Gasteiger charge is -2.14. The van der Waals surface area contributed by atoms with Crippen LogP contribution in [-0.2, 0) is 17.5 Å². The van der Waals surface area contributed by atoms with Crippen LogP contribution >= 0.6 is 0 Å². The maximum Gasteiger partial charge on any atom is 0.416 e. The molecule has 0 fully saturated rings. The highest BCUT2D eigenvalue weighted by molar-refractivity contribution is 5.91. The molecular weight excluding hydrogens is 223 g/mol. The van der Waals surface area contributed by atoms with Gasteiger partial charge in [-0.25, -0.2) is 4.79 Å². The van der Waals surface area contributed by atoms with Gasteiger partial charge in [0.15, 0.2) is 0 Å². The van der Waals surface area contributed by atoms with Gasteiger partial charge < -0.3 is 10.5 Å². The molecule has 0 amide bonds. The Bertz CT molecular complexity index is 402. The van der Waals surface area contributed by atoms with Crippen molar-refractivity contribution >= 4 is 5.97 Å². The molecule has 0 heterocycles. The van der Waals surface area contributed by atoms with Crippen LogP contribution in [-0.4, -0.2) is 13.1 Å². The van der Waals surface area contributed by atoms with Gasteiger partial charge in [-0.2, -0.15) is 13.2 Å². The first-order valence-corrected chi connectivity index (χ1v) is 4.39. The van der Waals surface area contributed by atoms with E-state index < -0.39 is 17.7 Å². The number of ether oxygens (including phenoxy) is 1. The number of hydrogen-bond acceptors (Lipinski definition) is 3. The van der Waals surface area contributed by atoms with Crippen LogP contribution in [0.1, 0.15) is 21.5 Å². The molecule has 16 heavy (non-hydrogen) atoms. The van der Waals surface area contributed by atoms with E-state index in [0.29, 0.717) is 0 Å². The fraction of sp³-hybridized carbons (Fsp3) is 0.300. The molecule has 88 valence electrons. The molecule has 2 N–H and O–H groups in total. The minimum atomic E-state index is -4.53. The molecule has 1 rings (SSSR count). The number of rotatable bonds is 2. The fourth-order valence-corrected chi connectivity index (χ4v) is 1.37. The molecule has 0 atom stereocenters.